The summed E-state index contributed by atoms with van der Waals surface area (Å²) in [6, 6.07) is 29.5. The Hall–Kier alpha value is -3.88. The highest BCUT2D eigenvalue weighted by atomic mass is 33.1. The fraction of sp³-hybridized carbons (Fsp3) is 0.133. The van der Waals surface area contributed by atoms with Gasteiger partial charge in [0.25, 0.3) is 0 Å². The molecule has 0 saturated carbocycles. The lowest BCUT2D eigenvalue weighted by Gasteiger charge is -2.12. The maximum Gasteiger partial charge on any atom is 0.145 e. The number of rotatable bonds is 7. The number of fused-ring (bicyclic) bond motifs is 2. The first-order chi connectivity index (χ1) is 18.5. The summed E-state index contributed by atoms with van der Waals surface area (Å²) in [5.74, 6) is 1.87. The molecule has 8 heteroatoms. The predicted octanol–water partition coefficient (Wildman–Crippen LogP) is 7.25. The van der Waals surface area contributed by atoms with Crippen molar-refractivity contribution in [1.29, 1.82) is 0 Å². The molecule has 0 aliphatic heterocycles. The van der Waals surface area contributed by atoms with E-state index in [9.17, 15) is 0 Å². The van der Waals surface area contributed by atoms with E-state index in [0.29, 0.717) is 0 Å². The highest BCUT2D eigenvalue weighted by Gasteiger charge is 2.17. The van der Waals surface area contributed by atoms with Crippen LogP contribution in [0.3, 0.4) is 0 Å². The first-order valence-corrected chi connectivity index (χ1v) is 14.5. The molecule has 0 aliphatic rings. The van der Waals surface area contributed by atoms with Crippen LogP contribution in [0.4, 0.5) is 11.4 Å². The van der Waals surface area contributed by atoms with E-state index in [0.717, 1.165) is 43.9 Å². The molecule has 4 aromatic heterocycles. The second kappa shape index (κ2) is 10.1. The van der Waals surface area contributed by atoms with E-state index in [2.05, 4.69) is 132 Å². The summed E-state index contributed by atoms with van der Waals surface area (Å²) in [5.41, 5.74) is 6.67. The molecule has 0 aliphatic carbocycles. The summed E-state index contributed by atoms with van der Waals surface area (Å²) < 4.78 is 4.33. The molecule has 0 amide bonds. The van der Waals surface area contributed by atoms with E-state index in [1.165, 1.54) is 11.4 Å². The van der Waals surface area contributed by atoms with E-state index in [1.807, 2.05) is 12.1 Å². The first kappa shape index (κ1) is 24.5. The fourth-order valence-electron chi connectivity index (χ4n) is 4.44. The largest absolute Gasteiger partial charge is 0.378 e. The standard InChI is InChI=1S/C30H28N6S2/c1-33(2)23-15-11-21(12-16-23)27-31-29(25-9-5-7-19-35(25)27)37-38-30-26-10-6-8-20-36(26)28(32-30)22-13-17-24(18-14-22)34(3)4/h5-20H,1-4H3. The van der Waals surface area contributed by atoms with Crippen LogP contribution >= 0.6 is 21.6 Å². The van der Waals surface area contributed by atoms with Gasteiger partial charge in [-0.15, -0.1) is 0 Å². The molecule has 0 saturated heterocycles. The molecule has 0 atom stereocenters. The molecule has 38 heavy (non-hydrogen) atoms. The summed E-state index contributed by atoms with van der Waals surface area (Å²) in [5, 5.41) is 1.94. The van der Waals surface area contributed by atoms with Gasteiger partial charge in [0.15, 0.2) is 0 Å². The van der Waals surface area contributed by atoms with Crippen molar-refractivity contribution < 1.29 is 0 Å². The van der Waals surface area contributed by atoms with Crippen LogP contribution in [0.15, 0.2) is 107 Å². The second-order valence-corrected chi connectivity index (χ2v) is 11.5. The van der Waals surface area contributed by atoms with Gasteiger partial charge in [0.1, 0.15) is 21.7 Å². The molecule has 0 bridgehead atoms. The third-order valence-corrected chi connectivity index (χ3v) is 8.71. The Morgan fingerprint density at radius 1 is 0.526 bits per heavy atom. The number of nitrogens with zero attached hydrogens (tertiary/aromatic N) is 6. The summed E-state index contributed by atoms with van der Waals surface area (Å²) >= 11 is 0. The minimum atomic E-state index is 0.936. The highest BCUT2D eigenvalue weighted by Crippen LogP contribution is 2.42. The molecule has 0 spiro atoms. The molecule has 6 aromatic rings. The van der Waals surface area contributed by atoms with Gasteiger partial charge < -0.3 is 9.80 Å². The van der Waals surface area contributed by atoms with Gasteiger partial charge in [-0.25, -0.2) is 9.97 Å². The lowest BCUT2D eigenvalue weighted by Crippen LogP contribution is -2.08. The van der Waals surface area contributed by atoms with Gasteiger partial charge >= 0.3 is 0 Å². The summed E-state index contributed by atoms with van der Waals surface area (Å²) in [6.07, 6.45) is 4.15. The molecular weight excluding hydrogens is 509 g/mol. The maximum atomic E-state index is 5.07. The molecule has 0 radical (unpaired) electrons. The first-order valence-electron chi connectivity index (χ1n) is 12.3. The van der Waals surface area contributed by atoms with Crippen molar-refractivity contribution in [3.05, 3.63) is 97.3 Å². The van der Waals surface area contributed by atoms with Crippen molar-refractivity contribution in [3.8, 4) is 22.8 Å². The average molecular weight is 537 g/mol. The van der Waals surface area contributed by atoms with Crippen molar-refractivity contribution in [2.24, 2.45) is 0 Å². The Labute approximate surface area is 230 Å². The summed E-state index contributed by atoms with van der Waals surface area (Å²) in [6.45, 7) is 0. The normalized spacial score (nSPS) is 11.4. The van der Waals surface area contributed by atoms with Crippen LogP contribution in [-0.4, -0.2) is 47.0 Å². The van der Waals surface area contributed by atoms with Gasteiger partial charge in [-0.1, -0.05) is 12.1 Å². The van der Waals surface area contributed by atoms with Crippen LogP contribution in [0, 0.1) is 0 Å². The second-order valence-electron chi connectivity index (χ2n) is 9.44. The fourth-order valence-corrected chi connectivity index (χ4v) is 6.56. The zero-order valence-corrected chi connectivity index (χ0v) is 23.4. The zero-order chi connectivity index (χ0) is 26.2. The van der Waals surface area contributed by atoms with E-state index >= 15 is 0 Å². The van der Waals surface area contributed by atoms with Gasteiger partial charge in [0, 0.05) is 63.1 Å². The highest BCUT2D eigenvalue weighted by molar-refractivity contribution is 8.76. The zero-order valence-electron chi connectivity index (χ0n) is 21.7. The van der Waals surface area contributed by atoms with E-state index < -0.39 is 0 Å². The minimum Gasteiger partial charge on any atom is -0.378 e. The van der Waals surface area contributed by atoms with E-state index in [1.54, 1.807) is 21.6 Å². The van der Waals surface area contributed by atoms with Crippen molar-refractivity contribution in [2.45, 2.75) is 10.1 Å². The summed E-state index contributed by atoms with van der Waals surface area (Å²) in [4.78, 5) is 14.4. The Morgan fingerprint density at radius 2 is 0.921 bits per heavy atom. The van der Waals surface area contributed by atoms with Crippen molar-refractivity contribution in [2.75, 3.05) is 38.0 Å². The van der Waals surface area contributed by atoms with Crippen LogP contribution in [-0.2, 0) is 0 Å². The minimum absolute atomic E-state index is 0.936. The van der Waals surface area contributed by atoms with Gasteiger partial charge in [0.2, 0.25) is 0 Å². The van der Waals surface area contributed by atoms with Crippen LogP contribution < -0.4 is 9.80 Å². The van der Waals surface area contributed by atoms with Gasteiger partial charge in [-0.2, -0.15) is 0 Å². The van der Waals surface area contributed by atoms with Gasteiger partial charge in [0.05, 0.1) is 11.0 Å². The summed E-state index contributed by atoms with van der Waals surface area (Å²) in [7, 11) is 11.5. The SMILES string of the molecule is CN(C)c1ccc(-c2nc(SSc3nc(-c4ccc(N(C)C)cc4)n4ccccc34)c3ccccn23)cc1. The number of imidazole rings is 2. The smallest absolute Gasteiger partial charge is 0.145 e. The van der Waals surface area contributed by atoms with Gasteiger partial charge in [-0.3, -0.25) is 8.80 Å². The quantitative estimate of drug-likeness (QED) is 0.200. The number of hydrogen-bond donors (Lipinski definition) is 0. The predicted molar refractivity (Wildman–Crippen MR) is 162 cm³/mol. The Kier molecular flexibility index (Phi) is 6.51. The van der Waals surface area contributed by atoms with Crippen LogP contribution in [0.1, 0.15) is 0 Å². The topological polar surface area (TPSA) is 41.1 Å². The van der Waals surface area contributed by atoms with Gasteiger partial charge in [-0.05, 0) is 94.4 Å². The third kappa shape index (κ3) is 4.50. The molecule has 6 rings (SSSR count). The molecule has 190 valence electrons. The third-order valence-electron chi connectivity index (χ3n) is 6.51. The lowest BCUT2D eigenvalue weighted by atomic mass is 10.2. The Balaban J connectivity index is 1.34. The van der Waals surface area contributed by atoms with E-state index in [4.69, 9.17) is 9.97 Å². The monoisotopic (exact) mass is 536 g/mol. The number of pyridine rings is 2. The van der Waals surface area contributed by atoms with Crippen molar-refractivity contribution in [1.82, 2.24) is 18.8 Å². The molecule has 6 nitrogen and oxygen atoms in total. The number of aromatic nitrogens is 4. The molecule has 0 unspecified atom stereocenters. The number of benzene rings is 2. The van der Waals surface area contributed by atoms with Crippen molar-refractivity contribution >= 4 is 44.0 Å². The Bertz CT molecular complexity index is 1590. The van der Waals surface area contributed by atoms with Crippen LogP contribution in [0.5, 0.6) is 0 Å². The maximum absolute atomic E-state index is 5.07. The van der Waals surface area contributed by atoms with Crippen LogP contribution in [0.25, 0.3) is 33.8 Å². The Morgan fingerprint density at radius 3 is 1.29 bits per heavy atom. The lowest BCUT2D eigenvalue weighted by molar-refractivity contribution is 1.12. The van der Waals surface area contributed by atoms with Crippen molar-refractivity contribution in [3.63, 3.8) is 0 Å². The molecular formula is C30H28N6S2. The van der Waals surface area contributed by atoms with E-state index in [-0.39, 0.29) is 0 Å². The molecule has 2 aromatic carbocycles. The average Bonchev–Trinajstić information content (AvgIpc) is 3.51. The number of anilines is 2. The van der Waals surface area contributed by atoms with Crippen LogP contribution in [0.2, 0.25) is 0 Å². The molecule has 0 N–H and O–H groups in total. The molecule has 0 fully saturated rings. The number of hydrogen-bond acceptors (Lipinski definition) is 6. The molecule has 4 heterocycles.